The van der Waals surface area contributed by atoms with Gasteiger partial charge in [-0.25, -0.2) is 0 Å². The van der Waals surface area contributed by atoms with Crippen LogP contribution in [0.4, 0.5) is 5.69 Å². The molecule has 0 unspecified atom stereocenters. The van der Waals surface area contributed by atoms with Crippen LogP contribution in [0.1, 0.15) is 23.1 Å². The van der Waals surface area contributed by atoms with Gasteiger partial charge in [0.2, 0.25) is 0 Å². The summed E-state index contributed by atoms with van der Waals surface area (Å²) in [4.78, 5) is 16.3. The van der Waals surface area contributed by atoms with E-state index in [1.807, 2.05) is 49.4 Å². The van der Waals surface area contributed by atoms with E-state index in [-0.39, 0.29) is 12.5 Å². The van der Waals surface area contributed by atoms with Crippen molar-refractivity contribution in [2.75, 3.05) is 11.9 Å². The molecule has 0 spiro atoms. The molecule has 0 saturated heterocycles. The second kappa shape index (κ2) is 8.13. The highest BCUT2D eigenvalue weighted by Gasteiger charge is 2.12. The van der Waals surface area contributed by atoms with Crippen molar-refractivity contribution in [1.29, 1.82) is 0 Å². The fourth-order valence-corrected chi connectivity index (χ4v) is 3.36. The fourth-order valence-electron chi connectivity index (χ4n) is 3.36. The molecule has 1 amide bonds. The van der Waals surface area contributed by atoms with Gasteiger partial charge in [0.15, 0.2) is 6.61 Å². The Balaban J connectivity index is 1.33. The van der Waals surface area contributed by atoms with E-state index in [0.717, 1.165) is 29.9 Å². The Hall–Kier alpha value is -3.34. The van der Waals surface area contributed by atoms with Crippen LogP contribution in [0.5, 0.6) is 17.2 Å². The predicted octanol–water partition coefficient (Wildman–Crippen LogP) is 4.69. The van der Waals surface area contributed by atoms with Gasteiger partial charge in [-0.05, 0) is 85.3 Å². The molecule has 5 nitrogen and oxygen atoms in total. The smallest absolute Gasteiger partial charge is 0.262 e. The Bertz CT molecular complexity index is 986. The van der Waals surface area contributed by atoms with E-state index in [2.05, 4.69) is 16.4 Å². The molecule has 2 aromatic carbocycles. The normalized spacial score (nSPS) is 12.3. The van der Waals surface area contributed by atoms with Gasteiger partial charge >= 0.3 is 0 Å². The van der Waals surface area contributed by atoms with Crippen LogP contribution in [-0.4, -0.2) is 17.5 Å². The largest absolute Gasteiger partial charge is 0.484 e. The highest BCUT2D eigenvalue weighted by atomic mass is 16.5. The van der Waals surface area contributed by atoms with Crippen molar-refractivity contribution in [2.24, 2.45) is 0 Å². The number of amides is 1. The number of aromatic nitrogens is 1. The SMILES string of the molecule is Cc1cc(NC(=O)COc2ccc3c(c2)CCC3)ccc1Oc1cccnc1. The summed E-state index contributed by atoms with van der Waals surface area (Å²) >= 11 is 0. The van der Waals surface area contributed by atoms with Crippen molar-refractivity contribution in [3.63, 3.8) is 0 Å². The number of carbonyl (C=O) groups is 1. The summed E-state index contributed by atoms with van der Waals surface area (Å²) in [5, 5.41) is 2.86. The molecule has 0 bridgehead atoms. The quantitative estimate of drug-likeness (QED) is 0.680. The van der Waals surface area contributed by atoms with E-state index < -0.39 is 0 Å². The Morgan fingerprint density at radius 2 is 1.96 bits per heavy atom. The number of anilines is 1. The van der Waals surface area contributed by atoms with E-state index in [1.165, 1.54) is 17.5 Å². The Kier molecular flexibility index (Phi) is 5.24. The first kappa shape index (κ1) is 18.0. The van der Waals surface area contributed by atoms with Gasteiger partial charge in [0.25, 0.3) is 5.91 Å². The van der Waals surface area contributed by atoms with Gasteiger partial charge in [0.05, 0.1) is 6.20 Å². The van der Waals surface area contributed by atoms with Gasteiger partial charge in [-0.2, -0.15) is 0 Å². The second-order valence-corrected chi connectivity index (χ2v) is 6.89. The summed E-state index contributed by atoms with van der Waals surface area (Å²) in [5.74, 6) is 1.94. The number of nitrogens with zero attached hydrogens (tertiary/aromatic N) is 1. The minimum atomic E-state index is -0.194. The van der Waals surface area contributed by atoms with E-state index in [9.17, 15) is 4.79 Å². The molecule has 0 atom stereocenters. The third-order valence-electron chi connectivity index (χ3n) is 4.76. The molecule has 142 valence electrons. The monoisotopic (exact) mass is 374 g/mol. The molecular weight excluding hydrogens is 352 g/mol. The van der Waals surface area contributed by atoms with Crippen LogP contribution in [0.25, 0.3) is 0 Å². The maximum atomic E-state index is 12.2. The molecule has 5 heteroatoms. The maximum Gasteiger partial charge on any atom is 0.262 e. The average molecular weight is 374 g/mol. The summed E-state index contributed by atoms with van der Waals surface area (Å²) in [7, 11) is 0. The number of pyridine rings is 1. The number of ether oxygens (including phenoxy) is 2. The van der Waals surface area contributed by atoms with Crippen LogP contribution in [0, 0.1) is 6.92 Å². The average Bonchev–Trinajstić information content (AvgIpc) is 3.17. The maximum absolute atomic E-state index is 12.2. The summed E-state index contributed by atoms with van der Waals surface area (Å²) in [6.45, 7) is 1.91. The molecule has 0 radical (unpaired) electrons. The number of aryl methyl sites for hydroxylation is 3. The van der Waals surface area contributed by atoms with Gasteiger partial charge in [0, 0.05) is 11.9 Å². The van der Waals surface area contributed by atoms with Crippen LogP contribution >= 0.6 is 0 Å². The molecule has 1 aromatic heterocycles. The van der Waals surface area contributed by atoms with Crippen LogP contribution in [0.2, 0.25) is 0 Å². The van der Waals surface area contributed by atoms with Crippen LogP contribution in [0.3, 0.4) is 0 Å². The van der Waals surface area contributed by atoms with Crippen LogP contribution in [-0.2, 0) is 17.6 Å². The van der Waals surface area contributed by atoms with Crippen molar-refractivity contribution in [3.05, 3.63) is 77.6 Å². The van der Waals surface area contributed by atoms with Gasteiger partial charge in [-0.3, -0.25) is 9.78 Å². The number of carbonyl (C=O) groups excluding carboxylic acids is 1. The molecular formula is C23H22N2O3. The summed E-state index contributed by atoms with van der Waals surface area (Å²) < 4.78 is 11.5. The van der Waals surface area contributed by atoms with Crippen LogP contribution < -0.4 is 14.8 Å². The van der Waals surface area contributed by atoms with Crippen molar-refractivity contribution in [3.8, 4) is 17.2 Å². The number of nitrogens with one attached hydrogen (secondary N) is 1. The second-order valence-electron chi connectivity index (χ2n) is 6.89. The topological polar surface area (TPSA) is 60.5 Å². The van der Waals surface area contributed by atoms with Crippen molar-refractivity contribution in [1.82, 2.24) is 4.98 Å². The fraction of sp³-hybridized carbons (Fsp3) is 0.217. The lowest BCUT2D eigenvalue weighted by Gasteiger charge is -2.12. The first-order valence-corrected chi connectivity index (χ1v) is 9.40. The van der Waals surface area contributed by atoms with Gasteiger partial charge in [0.1, 0.15) is 17.2 Å². The molecule has 28 heavy (non-hydrogen) atoms. The first-order chi connectivity index (χ1) is 13.7. The number of rotatable bonds is 6. The predicted molar refractivity (Wildman–Crippen MR) is 108 cm³/mol. The standard InChI is InChI=1S/C23H22N2O3/c1-16-12-19(8-10-22(16)28-21-6-3-11-24-14-21)25-23(26)15-27-20-9-7-17-4-2-5-18(17)13-20/h3,6-14H,2,4-5,15H2,1H3,(H,25,26). The number of hydrogen-bond donors (Lipinski definition) is 1. The van der Waals surface area contributed by atoms with E-state index in [0.29, 0.717) is 11.4 Å². The lowest BCUT2D eigenvalue weighted by Crippen LogP contribution is -2.20. The van der Waals surface area contributed by atoms with Crippen molar-refractivity contribution in [2.45, 2.75) is 26.2 Å². The number of hydrogen-bond acceptors (Lipinski definition) is 4. The molecule has 0 fully saturated rings. The zero-order valence-corrected chi connectivity index (χ0v) is 15.8. The lowest BCUT2D eigenvalue weighted by atomic mass is 10.1. The lowest BCUT2D eigenvalue weighted by molar-refractivity contribution is -0.118. The highest BCUT2D eigenvalue weighted by Crippen LogP contribution is 2.27. The van der Waals surface area contributed by atoms with Crippen molar-refractivity contribution < 1.29 is 14.3 Å². The van der Waals surface area contributed by atoms with Gasteiger partial charge in [-0.1, -0.05) is 6.07 Å². The third kappa shape index (κ3) is 4.31. The Labute approximate surface area is 164 Å². The molecule has 1 aliphatic carbocycles. The summed E-state index contributed by atoms with van der Waals surface area (Å²) in [6, 6.07) is 15.3. The zero-order chi connectivity index (χ0) is 19.3. The molecule has 1 aliphatic rings. The summed E-state index contributed by atoms with van der Waals surface area (Å²) in [6.07, 6.45) is 6.77. The molecule has 0 aliphatic heterocycles. The number of benzene rings is 2. The highest BCUT2D eigenvalue weighted by molar-refractivity contribution is 5.92. The molecule has 0 saturated carbocycles. The van der Waals surface area contributed by atoms with Crippen molar-refractivity contribution >= 4 is 11.6 Å². The summed E-state index contributed by atoms with van der Waals surface area (Å²) in [5.41, 5.74) is 4.35. The van der Waals surface area contributed by atoms with Gasteiger partial charge in [-0.15, -0.1) is 0 Å². The zero-order valence-electron chi connectivity index (χ0n) is 15.8. The molecule has 1 heterocycles. The molecule has 1 N–H and O–H groups in total. The minimum absolute atomic E-state index is 0.0221. The Morgan fingerprint density at radius 3 is 2.79 bits per heavy atom. The molecule has 4 rings (SSSR count). The van der Waals surface area contributed by atoms with Gasteiger partial charge < -0.3 is 14.8 Å². The minimum Gasteiger partial charge on any atom is -0.484 e. The van der Waals surface area contributed by atoms with E-state index in [1.54, 1.807) is 12.4 Å². The number of fused-ring (bicyclic) bond motifs is 1. The van der Waals surface area contributed by atoms with E-state index >= 15 is 0 Å². The first-order valence-electron chi connectivity index (χ1n) is 9.40. The Morgan fingerprint density at radius 1 is 1.07 bits per heavy atom. The molecule has 3 aromatic rings. The third-order valence-corrected chi connectivity index (χ3v) is 4.76. The van der Waals surface area contributed by atoms with E-state index in [4.69, 9.17) is 9.47 Å². The van der Waals surface area contributed by atoms with Crippen LogP contribution in [0.15, 0.2) is 60.9 Å².